The first-order valence-electron chi connectivity index (χ1n) is 6.71. The van der Waals surface area contributed by atoms with Gasteiger partial charge in [-0.1, -0.05) is 0 Å². The lowest BCUT2D eigenvalue weighted by molar-refractivity contribution is -0.144. The Hall–Kier alpha value is -1.90. The van der Waals surface area contributed by atoms with Crippen molar-refractivity contribution in [3.8, 4) is 0 Å². The second-order valence-electron chi connectivity index (χ2n) is 4.91. The van der Waals surface area contributed by atoms with Crippen LogP contribution < -0.4 is 11.1 Å². The van der Waals surface area contributed by atoms with E-state index in [1.54, 1.807) is 11.3 Å². The molecular formula is C13H16F3N5S. The number of hydrogen-bond acceptors (Lipinski definition) is 6. The van der Waals surface area contributed by atoms with Crippen molar-refractivity contribution < 1.29 is 13.2 Å². The molecule has 9 heteroatoms. The number of hydrogen-bond donors (Lipinski definition) is 2. The summed E-state index contributed by atoms with van der Waals surface area (Å²) < 4.78 is 37.8. The molecule has 2 aromatic rings. The summed E-state index contributed by atoms with van der Waals surface area (Å²) in [5.74, 6) is -1.88. The first kappa shape index (κ1) is 16.5. The molecule has 0 saturated heterocycles. The van der Waals surface area contributed by atoms with E-state index in [-0.39, 0.29) is 12.0 Å². The van der Waals surface area contributed by atoms with Crippen LogP contribution in [0.5, 0.6) is 0 Å². The second kappa shape index (κ2) is 6.91. The molecule has 3 N–H and O–H groups in total. The standard InChI is InChI=1S/C13H16F3N5S/c1-8(3-2-4-9-5-6-22-7-9)18-12-20-10(13(14,15)16)19-11(17)21-12/h5-8H,2-4H2,1H3,(H3,17,18,19,20,21). The van der Waals surface area contributed by atoms with E-state index in [4.69, 9.17) is 5.73 Å². The second-order valence-corrected chi connectivity index (χ2v) is 5.69. The first-order valence-corrected chi connectivity index (χ1v) is 7.65. The zero-order valence-electron chi connectivity index (χ0n) is 11.9. The molecule has 0 bridgehead atoms. The monoisotopic (exact) mass is 331 g/mol. The number of nitrogens with one attached hydrogen (secondary N) is 1. The zero-order valence-corrected chi connectivity index (χ0v) is 12.7. The Labute approximate surface area is 129 Å². The number of nitrogens with two attached hydrogens (primary N) is 1. The minimum atomic E-state index is -4.64. The van der Waals surface area contributed by atoms with Crippen LogP contribution in [0.4, 0.5) is 25.1 Å². The summed E-state index contributed by atoms with van der Waals surface area (Å²) in [6.45, 7) is 1.86. The Morgan fingerprint density at radius 1 is 1.32 bits per heavy atom. The Morgan fingerprint density at radius 2 is 2.09 bits per heavy atom. The minimum absolute atomic E-state index is 0.0680. The fourth-order valence-electron chi connectivity index (χ4n) is 1.92. The number of alkyl halides is 3. The van der Waals surface area contributed by atoms with E-state index in [0.29, 0.717) is 0 Å². The van der Waals surface area contributed by atoms with E-state index in [9.17, 15) is 13.2 Å². The van der Waals surface area contributed by atoms with E-state index in [1.807, 2.05) is 12.3 Å². The van der Waals surface area contributed by atoms with Gasteiger partial charge < -0.3 is 11.1 Å². The van der Waals surface area contributed by atoms with Crippen LogP contribution >= 0.6 is 11.3 Å². The third kappa shape index (κ3) is 4.83. The normalized spacial score (nSPS) is 13.1. The van der Waals surface area contributed by atoms with Crippen molar-refractivity contribution in [2.75, 3.05) is 11.1 Å². The molecule has 0 saturated carbocycles. The lowest BCUT2D eigenvalue weighted by Crippen LogP contribution is -2.21. The summed E-state index contributed by atoms with van der Waals surface area (Å²) in [5, 5.41) is 6.94. The molecule has 2 heterocycles. The SMILES string of the molecule is CC(CCCc1ccsc1)Nc1nc(N)nc(C(F)(F)F)n1. The van der Waals surface area contributed by atoms with E-state index in [0.717, 1.165) is 19.3 Å². The van der Waals surface area contributed by atoms with Crippen molar-refractivity contribution in [1.29, 1.82) is 0 Å². The van der Waals surface area contributed by atoms with E-state index in [1.165, 1.54) is 5.56 Å². The average molecular weight is 331 g/mol. The highest BCUT2D eigenvalue weighted by Crippen LogP contribution is 2.27. The van der Waals surface area contributed by atoms with Crippen molar-refractivity contribution in [2.45, 2.75) is 38.4 Å². The maximum absolute atomic E-state index is 12.6. The predicted molar refractivity (Wildman–Crippen MR) is 79.6 cm³/mol. The van der Waals surface area contributed by atoms with Gasteiger partial charge in [-0.25, -0.2) is 0 Å². The summed E-state index contributed by atoms with van der Waals surface area (Å²) in [6, 6.07) is 1.99. The van der Waals surface area contributed by atoms with Crippen molar-refractivity contribution in [1.82, 2.24) is 15.0 Å². The molecule has 22 heavy (non-hydrogen) atoms. The summed E-state index contributed by atoms with van der Waals surface area (Å²) >= 11 is 1.64. The van der Waals surface area contributed by atoms with Crippen molar-refractivity contribution in [3.63, 3.8) is 0 Å². The van der Waals surface area contributed by atoms with Gasteiger partial charge >= 0.3 is 6.18 Å². The van der Waals surface area contributed by atoms with Crippen LogP contribution in [0.3, 0.4) is 0 Å². The van der Waals surface area contributed by atoms with Crippen LogP contribution in [0.1, 0.15) is 31.2 Å². The molecule has 0 aliphatic carbocycles. The molecule has 2 rings (SSSR count). The molecule has 0 aromatic carbocycles. The van der Waals surface area contributed by atoms with Crippen LogP contribution in [-0.4, -0.2) is 21.0 Å². The van der Waals surface area contributed by atoms with Gasteiger partial charge in [0.25, 0.3) is 0 Å². The Bertz CT molecular complexity index is 600. The van der Waals surface area contributed by atoms with Crippen LogP contribution in [0.15, 0.2) is 16.8 Å². The van der Waals surface area contributed by atoms with Gasteiger partial charge in [0.05, 0.1) is 0 Å². The molecule has 2 aromatic heterocycles. The molecule has 120 valence electrons. The highest BCUT2D eigenvalue weighted by molar-refractivity contribution is 7.07. The number of thiophene rings is 1. The van der Waals surface area contributed by atoms with Crippen molar-refractivity contribution in [2.24, 2.45) is 0 Å². The number of aryl methyl sites for hydroxylation is 1. The number of nitrogen functional groups attached to an aromatic ring is 1. The molecule has 0 aliphatic heterocycles. The molecule has 5 nitrogen and oxygen atoms in total. The summed E-state index contributed by atoms with van der Waals surface area (Å²) in [5.41, 5.74) is 6.56. The Kier molecular flexibility index (Phi) is 5.17. The maximum Gasteiger partial charge on any atom is 0.451 e. The molecule has 0 radical (unpaired) electrons. The maximum atomic E-state index is 12.6. The average Bonchev–Trinajstić information content (AvgIpc) is 2.90. The molecule has 1 unspecified atom stereocenters. The summed E-state index contributed by atoms with van der Waals surface area (Å²) in [6.07, 6.45) is -2.02. The molecule has 0 amide bonds. The van der Waals surface area contributed by atoms with Crippen LogP contribution in [0.25, 0.3) is 0 Å². The van der Waals surface area contributed by atoms with E-state index >= 15 is 0 Å². The lowest BCUT2D eigenvalue weighted by Gasteiger charge is -2.14. The van der Waals surface area contributed by atoms with Crippen molar-refractivity contribution in [3.05, 3.63) is 28.2 Å². The minimum Gasteiger partial charge on any atom is -0.368 e. The van der Waals surface area contributed by atoms with Crippen LogP contribution in [0, 0.1) is 0 Å². The zero-order chi connectivity index (χ0) is 16.2. The van der Waals surface area contributed by atoms with Gasteiger partial charge in [-0.3, -0.25) is 0 Å². The molecule has 1 atom stereocenters. The third-order valence-electron chi connectivity index (χ3n) is 2.96. The summed E-state index contributed by atoms with van der Waals surface area (Å²) in [7, 11) is 0. The van der Waals surface area contributed by atoms with Gasteiger partial charge in [0, 0.05) is 6.04 Å². The molecule has 0 fully saturated rings. The van der Waals surface area contributed by atoms with Gasteiger partial charge in [-0.2, -0.15) is 39.5 Å². The smallest absolute Gasteiger partial charge is 0.368 e. The van der Waals surface area contributed by atoms with Crippen LogP contribution in [0.2, 0.25) is 0 Å². The van der Waals surface area contributed by atoms with Crippen LogP contribution in [-0.2, 0) is 12.6 Å². The number of halogens is 3. The summed E-state index contributed by atoms with van der Waals surface area (Å²) in [4.78, 5) is 10.2. The molecule has 0 aliphatic rings. The number of aromatic nitrogens is 3. The fraction of sp³-hybridized carbons (Fsp3) is 0.462. The quantitative estimate of drug-likeness (QED) is 0.849. The van der Waals surface area contributed by atoms with Gasteiger partial charge in [0.1, 0.15) is 0 Å². The Morgan fingerprint density at radius 3 is 2.73 bits per heavy atom. The third-order valence-corrected chi connectivity index (χ3v) is 3.70. The topological polar surface area (TPSA) is 76.7 Å². The number of rotatable bonds is 6. The number of anilines is 2. The van der Waals surface area contributed by atoms with Gasteiger partial charge in [-0.15, -0.1) is 0 Å². The lowest BCUT2D eigenvalue weighted by atomic mass is 10.1. The number of nitrogens with zero attached hydrogens (tertiary/aromatic N) is 3. The largest absolute Gasteiger partial charge is 0.451 e. The predicted octanol–water partition coefficient (Wildman–Crippen LogP) is 3.36. The highest BCUT2D eigenvalue weighted by atomic mass is 32.1. The van der Waals surface area contributed by atoms with Gasteiger partial charge in [0.15, 0.2) is 0 Å². The molecule has 0 spiro atoms. The van der Waals surface area contributed by atoms with E-state index < -0.39 is 17.9 Å². The Balaban J connectivity index is 1.90. The van der Waals surface area contributed by atoms with Gasteiger partial charge in [-0.05, 0) is 48.6 Å². The molecular weight excluding hydrogens is 315 g/mol. The highest BCUT2D eigenvalue weighted by Gasteiger charge is 2.35. The van der Waals surface area contributed by atoms with Gasteiger partial charge in [0.2, 0.25) is 17.7 Å². The van der Waals surface area contributed by atoms with E-state index in [2.05, 4.69) is 31.7 Å². The first-order chi connectivity index (χ1) is 10.3. The van der Waals surface area contributed by atoms with Crippen molar-refractivity contribution >= 4 is 23.2 Å². The fourth-order valence-corrected chi connectivity index (χ4v) is 2.63.